The molecule has 21 heavy (non-hydrogen) atoms. The Morgan fingerprint density at radius 1 is 1.43 bits per heavy atom. The van der Waals surface area contributed by atoms with Crippen molar-refractivity contribution >= 4 is 17.5 Å². The molecule has 2 amide bonds. The highest BCUT2D eigenvalue weighted by atomic mass is 16.3. The third kappa shape index (κ3) is 3.61. The second kappa shape index (κ2) is 6.72. The van der Waals surface area contributed by atoms with Crippen LogP contribution in [0.15, 0.2) is 24.3 Å². The van der Waals surface area contributed by atoms with E-state index in [0.29, 0.717) is 13.0 Å². The van der Waals surface area contributed by atoms with Crippen LogP contribution in [0, 0.1) is 12.8 Å². The molecule has 0 aliphatic carbocycles. The van der Waals surface area contributed by atoms with Crippen molar-refractivity contribution in [2.24, 2.45) is 5.92 Å². The normalized spacial score (nSPS) is 19.7. The number of aryl methyl sites for hydroxylation is 1. The number of hydrogen-bond donors (Lipinski definition) is 2. The first-order valence-electron chi connectivity index (χ1n) is 7.33. The van der Waals surface area contributed by atoms with E-state index in [-0.39, 0.29) is 36.8 Å². The predicted octanol–water partition coefficient (Wildman–Crippen LogP) is 1.24. The van der Waals surface area contributed by atoms with Crippen molar-refractivity contribution in [3.05, 3.63) is 29.8 Å². The van der Waals surface area contributed by atoms with Crippen molar-refractivity contribution < 1.29 is 14.7 Å². The van der Waals surface area contributed by atoms with Crippen LogP contribution in [0.5, 0.6) is 0 Å². The van der Waals surface area contributed by atoms with E-state index in [9.17, 15) is 9.59 Å². The molecule has 5 heteroatoms. The van der Waals surface area contributed by atoms with Crippen molar-refractivity contribution in [2.45, 2.75) is 32.7 Å². The smallest absolute Gasteiger partial charge is 0.227 e. The molecule has 5 nitrogen and oxygen atoms in total. The Balaban J connectivity index is 2.02. The maximum Gasteiger partial charge on any atom is 0.227 e. The van der Waals surface area contributed by atoms with E-state index in [1.54, 1.807) is 4.90 Å². The van der Waals surface area contributed by atoms with E-state index in [1.807, 2.05) is 38.1 Å². The third-order valence-corrected chi connectivity index (χ3v) is 3.90. The predicted molar refractivity (Wildman–Crippen MR) is 80.9 cm³/mol. The number of hydrogen-bond acceptors (Lipinski definition) is 3. The topological polar surface area (TPSA) is 69.6 Å². The summed E-state index contributed by atoms with van der Waals surface area (Å²) in [4.78, 5) is 25.9. The highest BCUT2D eigenvalue weighted by Crippen LogP contribution is 2.25. The highest BCUT2D eigenvalue weighted by molar-refractivity contribution is 6.00. The first-order valence-corrected chi connectivity index (χ1v) is 7.33. The minimum Gasteiger partial charge on any atom is -0.394 e. The van der Waals surface area contributed by atoms with Crippen molar-refractivity contribution in [2.75, 3.05) is 18.1 Å². The van der Waals surface area contributed by atoms with Gasteiger partial charge < -0.3 is 15.3 Å². The molecule has 1 aliphatic heterocycles. The van der Waals surface area contributed by atoms with Crippen molar-refractivity contribution in [1.82, 2.24) is 5.32 Å². The van der Waals surface area contributed by atoms with E-state index >= 15 is 0 Å². The van der Waals surface area contributed by atoms with Gasteiger partial charge in [-0.15, -0.1) is 0 Å². The lowest BCUT2D eigenvalue weighted by atomic mass is 10.1. The quantitative estimate of drug-likeness (QED) is 0.857. The van der Waals surface area contributed by atoms with Gasteiger partial charge in [0.2, 0.25) is 11.8 Å². The number of anilines is 1. The monoisotopic (exact) mass is 290 g/mol. The summed E-state index contributed by atoms with van der Waals surface area (Å²) in [5.41, 5.74) is 1.96. The zero-order chi connectivity index (χ0) is 15.4. The summed E-state index contributed by atoms with van der Waals surface area (Å²) < 4.78 is 0. The summed E-state index contributed by atoms with van der Waals surface area (Å²) >= 11 is 0. The lowest BCUT2D eigenvalue weighted by Crippen LogP contribution is -2.41. The van der Waals surface area contributed by atoms with Gasteiger partial charge in [0, 0.05) is 18.7 Å². The molecule has 0 saturated carbocycles. The molecule has 2 unspecified atom stereocenters. The summed E-state index contributed by atoms with van der Waals surface area (Å²) in [5, 5.41) is 11.9. The van der Waals surface area contributed by atoms with Gasteiger partial charge in [0.05, 0.1) is 18.6 Å². The van der Waals surface area contributed by atoms with Gasteiger partial charge in [-0.1, -0.05) is 24.6 Å². The van der Waals surface area contributed by atoms with Crippen molar-refractivity contribution in [1.29, 1.82) is 0 Å². The Labute approximate surface area is 125 Å². The summed E-state index contributed by atoms with van der Waals surface area (Å²) in [7, 11) is 0. The molecule has 1 aromatic carbocycles. The Bertz CT molecular complexity index is 509. The third-order valence-electron chi connectivity index (χ3n) is 3.90. The number of benzene rings is 1. The molecule has 1 fully saturated rings. The highest BCUT2D eigenvalue weighted by Gasteiger charge is 2.35. The Morgan fingerprint density at radius 2 is 2.10 bits per heavy atom. The lowest BCUT2D eigenvalue weighted by Gasteiger charge is -2.19. The number of rotatable bonds is 5. The maximum absolute atomic E-state index is 12.1. The van der Waals surface area contributed by atoms with Crippen LogP contribution in [0.2, 0.25) is 0 Å². The SMILES string of the molecule is CCC(CO)NC(=O)C1CC(=O)N(c2ccc(C)cc2)C1. The second-order valence-corrected chi connectivity index (χ2v) is 5.54. The largest absolute Gasteiger partial charge is 0.394 e. The Kier molecular flexibility index (Phi) is 4.96. The van der Waals surface area contributed by atoms with Crippen LogP contribution in [-0.4, -0.2) is 36.1 Å². The van der Waals surface area contributed by atoms with Crippen LogP contribution < -0.4 is 10.2 Å². The molecule has 1 aliphatic rings. The molecule has 114 valence electrons. The molecule has 1 aromatic rings. The number of aliphatic hydroxyl groups excluding tert-OH is 1. The molecule has 0 aromatic heterocycles. The number of carbonyl (C=O) groups excluding carboxylic acids is 2. The maximum atomic E-state index is 12.1. The fourth-order valence-electron chi connectivity index (χ4n) is 2.45. The van der Waals surface area contributed by atoms with E-state index < -0.39 is 0 Å². The molecular weight excluding hydrogens is 268 g/mol. The standard InChI is InChI=1S/C16H22N2O3/c1-3-13(10-19)17-16(21)12-8-15(20)18(9-12)14-6-4-11(2)5-7-14/h4-7,12-13,19H,3,8-10H2,1-2H3,(H,17,21). The number of nitrogens with zero attached hydrogens (tertiary/aromatic N) is 1. The minimum atomic E-state index is -0.348. The molecule has 0 spiro atoms. The molecule has 0 bridgehead atoms. The average Bonchev–Trinajstić information content (AvgIpc) is 2.87. The number of nitrogens with one attached hydrogen (secondary N) is 1. The molecule has 0 radical (unpaired) electrons. The van der Waals surface area contributed by atoms with Gasteiger partial charge >= 0.3 is 0 Å². The van der Waals surface area contributed by atoms with Crippen LogP contribution >= 0.6 is 0 Å². The van der Waals surface area contributed by atoms with Crippen LogP contribution in [0.1, 0.15) is 25.3 Å². The molecule has 2 rings (SSSR count). The first kappa shape index (κ1) is 15.5. The molecule has 1 saturated heterocycles. The fourth-order valence-corrected chi connectivity index (χ4v) is 2.45. The second-order valence-electron chi connectivity index (χ2n) is 5.54. The van der Waals surface area contributed by atoms with Crippen LogP contribution in [0.3, 0.4) is 0 Å². The van der Waals surface area contributed by atoms with Crippen LogP contribution in [-0.2, 0) is 9.59 Å². The zero-order valence-corrected chi connectivity index (χ0v) is 12.5. The van der Waals surface area contributed by atoms with Gasteiger partial charge in [0.1, 0.15) is 0 Å². The fraction of sp³-hybridized carbons (Fsp3) is 0.500. The zero-order valence-electron chi connectivity index (χ0n) is 12.5. The van der Waals surface area contributed by atoms with Gasteiger partial charge in [0.15, 0.2) is 0 Å². The molecular formula is C16H22N2O3. The van der Waals surface area contributed by atoms with Crippen LogP contribution in [0.4, 0.5) is 5.69 Å². The van der Waals surface area contributed by atoms with E-state index in [0.717, 1.165) is 11.3 Å². The van der Waals surface area contributed by atoms with E-state index in [4.69, 9.17) is 5.11 Å². The van der Waals surface area contributed by atoms with Gasteiger partial charge in [-0.05, 0) is 25.5 Å². The molecule has 1 heterocycles. The first-order chi connectivity index (χ1) is 10.0. The van der Waals surface area contributed by atoms with Crippen LogP contribution in [0.25, 0.3) is 0 Å². The van der Waals surface area contributed by atoms with E-state index in [2.05, 4.69) is 5.32 Å². The van der Waals surface area contributed by atoms with Crippen molar-refractivity contribution in [3.63, 3.8) is 0 Å². The van der Waals surface area contributed by atoms with Crippen molar-refractivity contribution in [3.8, 4) is 0 Å². The minimum absolute atomic E-state index is 0.0314. The van der Waals surface area contributed by atoms with Gasteiger partial charge in [-0.3, -0.25) is 9.59 Å². The Hall–Kier alpha value is -1.88. The molecule has 2 atom stereocenters. The number of amides is 2. The summed E-state index contributed by atoms with van der Waals surface area (Å²) in [6, 6.07) is 7.47. The summed E-state index contributed by atoms with van der Waals surface area (Å²) in [6.07, 6.45) is 0.895. The summed E-state index contributed by atoms with van der Waals surface area (Å²) in [6.45, 7) is 4.21. The van der Waals surface area contributed by atoms with E-state index in [1.165, 1.54) is 0 Å². The number of carbonyl (C=O) groups is 2. The van der Waals surface area contributed by atoms with Gasteiger partial charge in [-0.25, -0.2) is 0 Å². The summed E-state index contributed by atoms with van der Waals surface area (Å²) in [5.74, 6) is -0.533. The lowest BCUT2D eigenvalue weighted by molar-refractivity contribution is -0.127. The Morgan fingerprint density at radius 3 is 2.67 bits per heavy atom. The van der Waals surface area contributed by atoms with Gasteiger partial charge in [-0.2, -0.15) is 0 Å². The van der Waals surface area contributed by atoms with Gasteiger partial charge in [0.25, 0.3) is 0 Å². The average molecular weight is 290 g/mol. The molecule has 2 N–H and O–H groups in total. The number of aliphatic hydroxyl groups is 1.